The molecule has 0 aliphatic carbocycles. The highest BCUT2D eigenvalue weighted by Gasteiger charge is 2.14. The van der Waals surface area contributed by atoms with Crippen LogP contribution in [0.25, 0.3) is 11.3 Å². The topological polar surface area (TPSA) is 25.8 Å². The Morgan fingerprint density at radius 3 is 2.56 bits per heavy atom. The number of benzene rings is 1. The molecule has 1 heterocycles. The Morgan fingerprint density at radius 1 is 1.22 bits per heavy atom. The van der Waals surface area contributed by atoms with Crippen molar-refractivity contribution in [2.24, 2.45) is 0 Å². The Balaban J connectivity index is 2.66. The summed E-state index contributed by atoms with van der Waals surface area (Å²) in [5.74, 6) is -0.746. The van der Waals surface area contributed by atoms with Gasteiger partial charge in [-0.3, -0.25) is 0 Å². The van der Waals surface area contributed by atoms with Crippen molar-refractivity contribution in [1.82, 2.24) is 9.97 Å². The summed E-state index contributed by atoms with van der Waals surface area (Å²) in [4.78, 5) is 8.34. The summed E-state index contributed by atoms with van der Waals surface area (Å²) in [6.07, 6.45) is 0.593. The maximum atomic E-state index is 13.7. The third-order valence-electron chi connectivity index (χ3n) is 2.64. The predicted octanol–water partition coefficient (Wildman–Crippen LogP) is 3.95. The molecule has 0 saturated carbocycles. The van der Waals surface area contributed by atoms with Gasteiger partial charge in [0.15, 0.2) is 0 Å². The summed E-state index contributed by atoms with van der Waals surface area (Å²) in [6.45, 7) is 3.59. The van der Waals surface area contributed by atoms with Crippen molar-refractivity contribution >= 4 is 11.6 Å². The van der Waals surface area contributed by atoms with Crippen LogP contribution in [0.2, 0.25) is 5.15 Å². The van der Waals surface area contributed by atoms with Gasteiger partial charge in [-0.1, -0.05) is 18.5 Å². The van der Waals surface area contributed by atoms with Crippen molar-refractivity contribution in [1.29, 1.82) is 0 Å². The van der Waals surface area contributed by atoms with Crippen LogP contribution in [-0.2, 0) is 6.42 Å². The maximum Gasteiger partial charge on any atom is 0.136 e. The molecule has 2 nitrogen and oxygen atoms in total. The monoisotopic (exact) mass is 268 g/mol. The first-order chi connectivity index (χ1) is 8.52. The van der Waals surface area contributed by atoms with Crippen LogP contribution in [0.15, 0.2) is 18.2 Å². The molecule has 0 aliphatic heterocycles. The molecule has 5 heteroatoms. The van der Waals surface area contributed by atoms with Crippen LogP contribution in [-0.4, -0.2) is 9.97 Å². The van der Waals surface area contributed by atoms with E-state index in [9.17, 15) is 8.78 Å². The zero-order valence-electron chi connectivity index (χ0n) is 9.97. The summed E-state index contributed by atoms with van der Waals surface area (Å²) in [5, 5.41) is 0.292. The van der Waals surface area contributed by atoms with Crippen molar-refractivity contribution in [3.05, 3.63) is 46.4 Å². The van der Waals surface area contributed by atoms with Gasteiger partial charge in [-0.05, 0) is 19.1 Å². The lowest BCUT2D eigenvalue weighted by Gasteiger charge is -2.09. The van der Waals surface area contributed by atoms with Crippen molar-refractivity contribution < 1.29 is 8.78 Å². The number of aryl methyl sites for hydroxylation is 1. The Labute approximate surface area is 109 Å². The van der Waals surface area contributed by atoms with Crippen LogP contribution in [0.3, 0.4) is 0 Å². The largest absolute Gasteiger partial charge is 0.232 e. The minimum absolute atomic E-state index is 0.230. The van der Waals surface area contributed by atoms with Gasteiger partial charge in [0.1, 0.15) is 22.6 Å². The van der Waals surface area contributed by atoms with Gasteiger partial charge in [0.2, 0.25) is 0 Å². The zero-order valence-corrected chi connectivity index (χ0v) is 10.7. The summed E-state index contributed by atoms with van der Waals surface area (Å²) in [6, 6.07) is 3.38. The predicted molar refractivity (Wildman–Crippen MR) is 66.5 cm³/mol. The second-order valence-corrected chi connectivity index (χ2v) is 4.24. The Kier molecular flexibility index (Phi) is 3.57. The summed E-state index contributed by atoms with van der Waals surface area (Å²) < 4.78 is 26.6. The molecule has 94 valence electrons. The van der Waals surface area contributed by atoms with Gasteiger partial charge in [-0.25, -0.2) is 18.7 Å². The molecule has 0 radical (unpaired) electrons. The number of hydrogen-bond donors (Lipinski definition) is 0. The highest BCUT2D eigenvalue weighted by atomic mass is 35.5. The highest BCUT2D eigenvalue weighted by Crippen LogP contribution is 2.28. The van der Waals surface area contributed by atoms with Crippen LogP contribution < -0.4 is 0 Å². The van der Waals surface area contributed by atoms with Crippen LogP contribution in [0.5, 0.6) is 0 Å². The molecule has 0 spiro atoms. The number of hydrogen-bond acceptors (Lipinski definition) is 2. The Bertz CT molecular complexity index is 600. The van der Waals surface area contributed by atoms with E-state index in [0.29, 0.717) is 28.7 Å². The van der Waals surface area contributed by atoms with E-state index in [1.54, 1.807) is 6.92 Å². The molecule has 0 aliphatic rings. The van der Waals surface area contributed by atoms with Gasteiger partial charge in [0.05, 0.1) is 5.69 Å². The summed E-state index contributed by atoms with van der Waals surface area (Å²) in [5.41, 5.74) is 1.22. The minimum atomic E-state index is -0.657. The van der Waals surface area contributed by atoms with Crippen molar-refractivity contribution in [3.63, 3.8) is 0 Å². The van der Waals surface area contributed by atoms with E-state index in [-0.39, 0.29) is 5.56 Å². The lowest BCUT2D eigenvalue weighted by atomic mass is 10.1. The molecule has 18 heavy (non-hydrogen) atoms. The molecule has 0 N–H and O–H groups in total. The van der Waals surface area contributed by atoms with Crippen molar-refractivity contribution in [2.45, 2.75) is 20.3 Å². The smallest absolute Gasteiger partial charge is 0.136 e. The van der Waals surface area contributed by atoms with Crippen molar-refractivity contribution in [2.75, 3.05) is 0 Å². The average molecular weight is 269 g/mol. The molecule has 2 aromatic rings. The average Bonchev–Trinajstić information content (AvgIpc) is 2.33. The lowest BCUT2D eigenvalue weighted by Crippen LogP contribution is -2.01. The van der Waals surface area contributed by atoms with Crippen LogP contribution >= 0.6 is 11.6 Å². The van der Waals surface area contributed by atoms with Gasteiger partial charge < -0.3 is 0 Å². The molecule has 0 atom stereocenters. The van der Waals surface area contributed by atoms with Gasteiger partial charge in [-0.15, -0.1) is 0 Å². The van der Waals surface area contributed by atoms with E-state index >= 15 is 0 Å². The standard InChI is InChI=1S/C13H11ClF2N2/c1-3-11-17-12(7(2)13(14)18-11)9-5-4-8(15)6-10(9)16/h4-6H,3H2,1-2H3. The number of rotatable bonds is 2. The second-order valence-electron chi connectivity index (χ2n) is 3.88. The van der Waals surface area contributed by atoms with E-state index in [2.05, 4.69) is 9.97 Å². The molecular weight excluding hydrogens is 258 g/mol. The first-order valence-electron chi connectivity index (χ1n) is 5.51. The Hall–Kier alpha value is -1.55. The molecule has 1 aromatic heterocycles. The van der Waals surface area contributed by atoms with Crippen molar-refractivity contribution in [3.8, 4) is 11.3 Å². The minimum Gasteiger partial charge on any atom is -0.232 e. The van der Waals surface area contributed by atoms with E-state index in [0.717, 1.165) is 6.07 Å². The van der Waals surface area contributed by atoms with E-state index in [1.807, 2.05) is 6.92 Å². The first kappa shape index (κ1) is 12.9. The quantitative estimate of drug-likeness (QED) is 0.771. The Morgan fingerprint density at radius 2 is 1.94 bits per heavy atom. The van der Waals surface area contributed by atoms with Crippen LogP contribution in [0.1, 0.15) is 18.3 Å². The molecule has 0 unspecified atom stereocenters. The SMILES string of the molecule is CCc1nc(Cl)c(C)c(-c2ccc(F)cc2F)n1. The van der Waals surface area contributed by atoms with E-state index in [1.165, 1.54) is 12.1 Å². The molecule has 0 bridgehead atoms. The van der Waals surface area contributed by atoms with Crippen LogP contribution in [0, 0.1) is 18.6 Å². The molecule has 0 saturated heterocycles. The third kappa shape index (κ3) is 2.34. The van der Waals surface area contributed by atoms with Gasteiger partial charge >= 0.3 is 0 Å². The van der Waals surface area contributed by atoms with E-state index < -0.39 is 11.6 Å². The second kappa shape index (κ2) is 4.98. The lowest BCUT2D eigenvalue weighted by molar-refractivity contribution is 0.585. The summed E-state index contributed by atoms with van der Waals surface area (Å²) >= 11 is 5.98. The van der Waals surface area contributed by atoms with Gasteiger partial charge in [-0.2, -0.15) is 0 Å². The van der Waals surface area contributed by atoms with E-state index in [4.69, 9.17) is 11.6 Å². The maximum absolute atomic E-state index is 13.7. The fourth-order valence-corrected chi connectivity index (χ4v) is 1.82. The zero-order chi connectivity index (χ0) is 13.3. The fraction of sp³-hybridized carbons (Fsp3) is 0.231. The van der Waals surface area contributed by atoms with Gasteiger partial charge in [0.25, 0.3) is 0 Å². The van der Waals surface area contributed by atoms with Gasteiger partial charge in [0, 0.05) is 23.6 Å². The molecule has 1 aromatic carbocycles. The number of aromatic nitrogens is 2. The van der Waals surface area contributed by atoms with Crippen LogP contribution in [0.4, 0.5) is 8.78 Å². The molecule has 0 fully saturated rings. The fourth-order valence-electron chi connectivity index (χ4n) is 1.63. The normalized spacial score (nSPS) is 10.7. The highest BCUT2D eigenvalue weighted by molar-refractivity contribution is 6.30. The molecule has 0 amide bonds. The summed E-state index contributed by atoms with van der Waals surface area (Å²) in [7, 11) is 0. The number of halogens is 3. The third-order valence-corrected chi connectivity index (χ3v) is 3.00. The first-order valence-corrected chi connectivity index (χ1v) is 5.89. The molecule has 2 rings (SSSR count). The number of nitrogens with zero attached hydrogens (tertiary/aromatic N) is 2. The molecular formula is C13H11ClF2N2.